The number of hydrogen-bond acceptors (Lipinski definition) is 30. The number of nitrogens with zero attached hydrogens (tertiary/aromatic N) is 14. The zero-order valence-electron chi connectivity index (χ0n) is 77.4. The molecule has 32 heteroatoms. The zero-order valence-corrected chi connectivity index (χ0v) is 80.7. The summed E-state index contributed by atoms with van der Waals surface area (Å²) in [4.78, 5) is 124. The highest BCUT2D eigenvalue weighted by atomic mass is 32.2. The number of ether oxygens (including phenoxy) is 4. The molecule has 4 saturated heterocycles. The first-order valence-corrected chi connectivity index (χ1v) is 50.5. The van der Waals surface area contributed by atoms with Gasteiger partial charge in [-0.25, -0.2) is 20.0 Å². The number of rotatable bonds is 32. The molecule has 0 saturated carbocycles. The van der Waals surface area contributed by atoms with E-state index in [2.05, 4.69) is 180 Å². The number of aliphatic imine (C=N–C) groups is 4. The van der Waals surface area contributed by atoms with Crippen molar-refractivity contribution in [3.05, 3.63) is 240 Å². The molecular weight excluding hydrogens is 1800 g/mol. The SMILES string of the molecule is CCC1CN(C2=Nc3ccccc3Sc3ccccc32)CCN1CCOCCO.CCc1ccc2c(c1)Sc1ccccc1N=C2N1CCN(CCOCCO)CC1.O=C(CCC1CN(C2=Nc3ccccc3Sc3ccccc32)CCN1CCOCCO)CN1C(=O)C=CC1=O.O=C(CCc1ccc2c(c1)Sc1ccccc1N=C2N1CCN(CCOCCO)CC1)CN1C(=O)C=CC1=O. The molecule has 18 rings (SSSR count). The third-order valence-electron chi connectivity index (χ3n) is 25.1. The van der Waals surface area contributed by atoms with Gasteiger partial charge in [0.1, 0.15) is 23.3 Å². The van der Waals surface area contributed by atoms with Crippen LogP contribution < -0.4 is 0 Å². The highest BCUT2D eigenvalue weighted by Gasteiger charge is 2.36. The van der Waals surface area contributed by atoms with Crippen LogP contribution in [0, 0.1) is 0 Å². The summed E-state index contributed by atoms with van der Waals surface area (Å²) in [5.74, 6) is 2.03. The molecule has 4 fully saturated rings. The average molecular weight is 1920 g/mol. The van der Waals surface area contributed by atoms with E-state index in [9.17, 15) is 28.8 Å². The lowest BCUT2D eigenvalue weighted by atomic mass is 10.0. The van der Waals surface area contributed by atoms with Crippen molar-refractivity contribution in [1.29, 1.82) is 0 Å². The number of piperazine rings is 4. The maximum absolute atomic E-state index is 12.8. The number of fused-ring (bicyclic) bond motifs is 8. The number of amidine groups is 4. The van der Waals surface area contributed by atoms with Gasteiger partial charge in [-0.05, 0) is 122 Å². The second kappa shape index (κ2) is 50.8. The number of amides is 4. The van der Waals surface area contributed by atoms with Gasteiger partial charge in [-0.3, -0.25) is 58.2 Å². The Morgan fingerprint density at radius 2 is 0.669 bits per heavy atom. The Morgan fingerprint density at radius 3 is 1.07 bits per heavy atom. The highest BCUT2D eigenvalue weighted by molar-refractivity contribution is 8.00. The molecule has 2 unspecified atom stereocenters. The molecule has 0 aliphatic carbocycles. The Hall–Kier alpha value is -10.3. The molecule has 28 nitrogen and oxygen atoms in total. The van der Waals surface area contributed by atoms with Crippen LogP contribution in [0.5, 0.6) is 0 Å². The Labute approximate surface area is 813 Å². The minimum Gasteiger partial charge on any atom is -0.394 e. The summed E-state index contributed by atoms with van der Waals surface area (Å²) in [5, 5.41) is 35.7. The van der Waals surface area contributed by atoms with Gasteiger partial charge in [0.25, 0.3) is 23.6 Å². The Bertz CT molecular complexity index is 5630. The van der Waals surface area contributed by atoms with Crippen LogP contribution in [0.3, 0.4) is 0 Å². The van der Waals surface area contributed by atoms with E-state index in [0.717, 1.165) is 210 Å². The number of para-hydroxylation sites is 4. The van der Waals surface area contributed by atoms with Crippen molar-refractivity contribution in [2.45, 2.75) is 104 Å². The second-order valence-corrected chi connectivity index (χ2v) is 38.4. The molecule has 0 bridgehead atoms. The summed E-state index contributed by atoms with van der Waals surface area (Å²) < 4.78 is 21.9. The van der Waals surface area contributed by atoms with Gasteiger partial charge in [0, 0.05) is 228 Å². The smallest absolute Gasteiger partial charge is 0.254 e. The lowest BCUT2D eigenvalue weighted by Crippen LogP contribution is -2.55. The topological polar surface area (TPSA) is 302 Å². The predicted octanol–water partition coefficient (Wildman–Crippen LogP) is 11.8. The van der Waals surface area contributed by atoms with E-state index in [4.69, 9.17) is 59.3 Å². The molecule has 10 aliphatic rings. The largest absolute Gasteiger partial charge is 0.394 e. The fraction of sp³-hybridized carbons (Fsp3) is 0.404. The number of carbonyl (C=O) groups excluding carboxylic acids is 6. The van der Waals surface area contributed by atoms with Crippen LogP contribution in [-0.4, -0.2) is 350 Å². The van der Waals surface area contributed by atoms with Crippen molar-refractivity contribution >= 4 is 128 Å². The molecule has 2 atom stereocenters. The number of aliphatic hydroxyl groups excluding tert-OH is 4. The molecule has 0 radical (unpaired) electrons. The number of ketones is 2. The minimum absolute atomic E-state index is 0.0206. The maximum atomic E-state index is 12.8. The Kier molecular flexibility index (Phi) is 37.4. The maximum Gasteiger partial charge on any atom is 0.254 e. The fourth-order valence-corrected chi connectivity index (χ4v) is 21.9. The summed E-state index contributed by atoms with van der Waals surface area (Å²) >= 11 is 7.04. The highest BCUT2D eigenvalue weighted by Crippen LogP contribution is 2.46. The van der Waals surface area contributed by atoms with Crippen LogP contribution in [0.15, 0.2) is 265 Å². The molecule has 10 aliphatic heterocycles. The standard InChI is InChI=1S/2C29H32N4O5S.2C23H29N3O2S/c34-16-18-38-17-15-31-13-14-32(19-21(31)9-10-22(35)20-33-27(36)11-12-28(33)37)29-23-5-1-3-7-25(23)39-26-8-4-2-6-24(26)30-29;34-16-18-38-17-15-31-11-13-32(14-12-31)29-23-8-6-21(5-7-22(35)20-33-27(36)9-10-28(33)37)19-26(23)39-25-4-2-1-3-24(25)30-29;1-2-18-17-26(12-11-25(18)13-15-28-16-14-27)23-19-7-3-5-9-21(19)29-22-10-6-4-8-20(22)24-23;1-2-18-7-8-19-22(17-18)29-21-6-4-3-5-20(21)24-23(19)26-11-9-25(10-12-26)13-15-28-16-14-27/h1-8,11-12,21,34H,9-10,13-20H2;1-4,6,8-10,19,34H,5,7,11-18,20H2;3-10,18,27H,2,11-17H2,1H3;3-8,17,27H,2,9-16H2,1H3. The van der Waals surface area contributed by atoms with Crippen molar-refractivity contribution in [1.82, 2.24) is 49.0 Å². The normalized spacial score (nSPS) is 18.1. The van der Waals surface area contributed by atoms with Gasteiger partial charge in [0.05, 0.1) is 115 Å². The van der Waals surface area contributed by atoms with Gasteiger partial charge in [-0.2, -0.15) is 0 Å². The summed E-state index contributed by atoms with van der Waals surface area (Å²) in [6.07, 6.45) is 8.55. The molecule has 8 aromatic rings. The van der Waals surface area contributed by atoms with Crippen molar-refractivity contribution < 1.29 is 68.1 Å². The summed E-state index contributed by atoms with van der Waals surface area (Å²) in [5.41, 5.74) is 11.0. The van der Waals surface area contributed by atoms with E-state index in [-0.39, 0.29) is 70.0 Å². The van der Waals surface area contributed by atoms with Crippen LogP contribution in [-0.2, 0) is 60.6 Å². The number of hydrogen-bond donors (Lipinski definition) is 4. The molecule has 136 heavy (non-hydrogen) atoms. The van der Waals surface area contributed by atoms with Crippen LogP contribution >= 0.6 is 47.0 Å². The van der Waals surface area contributed by atoms with Gasteiger partial charge >= 0.3 is 0 Å². The quantitative estimate of drug-likeness (QED) is 0.0225. The third kappa shape index (κ3) is 26.8. The first-order valence-electron chi connectivity index (χ1n) is 47.3. The molecule has 8 aromatic carbocycles. The molecule has 0 spiro atoms. The lowest BCUT2D eigenvalue weighted by molar-refractivity contribution is -0.141. The minimum atomic E-state index is -0.442. The molecule has 10 heterocycles. The van der Waals surface area contributed by atoms with Crippen LogP contribution in [0.1, 0.15) is 72.9 Å². The van der Waals surface area contributed by atoms with E-state index in [1.165, 1.54) is 60.6 Å². The Morgan fingerprint density at radius 1 is 0.346 bits per heavy atom. The zero-order chi connectivity index (χ0) is 94.5. The third-order valence-corrected chi connectivity index (χ3v) is 29.6. The van der Waals surface area contributed by atoms with Gasteiger partial charge in [0.2, 0.25) is 0 Å². The average Bonchev–Trinajstić information content (AvgIpc) is 1.61. The number of carbonyl (C=O) groups is 6. The second-order valence-electron chi connectivity index (χ2n) is 34.0. The summed E-state index contributed by atoms with van der Waals surface area (Å²) in [6, 6.07) is 63.7. The van der Waals surface area contributed by atoms with Crippen LogP contribution in [0.2, 0.25) is 0 Å². The molecule has 716 valence electrons. The van der Waals surface area contributed by atoms with Gasteiger partial charge in [-0.1, -0.05) is 158 Å². The molecular formula is C104H122N14O14S4. The van der Waals surface area contributed by atoms with Crippen molar-refractivity contribution in [2.75, 3.05) is 210 Å². The van der Waals surface area contributed by atoms with Gasteiger partial charge in [0.15, 0.2) is 11.6 Å². The molecule has 4 N–H and O–H groups in total. The number of imide groups is 2. The monoisotopic (exact) mass is 1920 g/mol. The first kappa shape index (κ1) is 100. The van der Waals surface area contributed by atoms with Crippen molar-refractivity contribution in [2.24, 2.45) is 20.0 Å². The van der Waals surface area contributed by atoms with E-state index in [0.29, 0.717) is 84.8 Å². The number of benzene rings is 8. The van der Waals surface area contributed by atoms with Crippen molar-refractivity contribution in [3.8, 4) is 0 Å². The Balaban J connectivity index is 0.000000139. The predicted molar refractivity (Wildman–Crippen MR) is 533 cm³/mol. The lowest BCUT2D eigenvalue weighted by Gasteiger charge is -2.43. The van der Waals surface area contributed by atoms with Crippen LogP contribution in [0.25, 0.3) is 0 Å². The van der Waals surface area contributed by atoms with Crippen LogP contribution in [0.4, 0.5) is 22.7 Å². The van der Waals surface area contributed by atoms with E-state index >= 15 is 0 Å². The fourth-order valence-electron chi connectivity index (χ4n) is 17.7. The first-order chi connectivity index (χ1) is 66.6. The van der Waals surface area contributed by atoms with Gasteiger partial charge in [-0.15, -0.1) is 0 Å². The van der Waals surface area contributed by atoms with Gasteiger partial charge < -0.3 is 59.0 Å². The number of aryl methyl sites for hydroxylation is 2. The summed E-state index contributed by atoms with van der Waals surface area (Å²) in [6.45, 7) is 24.1. The van der Waals surface area contributed by atoms with Crippen molar-refractivity contribution in [3.63, 3.8) is 0 Å². The number of aliphatic hydroxyl groups is 4. The van der Waals surface area contributed by atoms with E-state index in [1.807, 2.05) is 66.4 Å². The molecule has 0 aromatic heterocycles. The van der Waals surface area contributed by atoms with E-state index < -0.39 is 23.6 Å². The van der Waals surface area contributed by atoms with E-state index in [1.54, 1.807) is 35.3 Å². The number of Topliss-reactive ketones (excluding diaryl/α,β-unsaturated/α-hetero) is 2. The summed E-state index contributed by atoms with van der Waals surface area (Å²) in [7, 11) is 0. The molecule has 4 amide bonds.